The Kier molecular flexibility index (Phi) is 3.46. The molecule has 3 rings (SSSR count). The van der Waals surface area contributed by atoms with E-state index < -0.39 is 0 Å². The van der Waals surface area contributed by atoms with Gasteiger partial charge in [-0.1, -0.05) is 49.0 Å². The van der Waals surface area contributed by atoms with Crippen LogP contribution in [0.4, 0.5) is 0 Å². The third-order valence-corrected chi connectivity index (χ3v) is 4.01. The summed E-state index contributed by atoms with van der Waals surface area (Å²) in [6, 6.07) is 14.9. The molecule has 0 radical (unpaired) electrons. The van der Waals surface area contributed by atoms with Crippen molar-refractivity contribution < 1.29 is 5.11 Å². The van der Waals surface area contributed by atoms with Crippen molar-refractivity contribution in [3.63, 3.8) is 0 Å². The Hall–Kier alpha value is -2.59. The number of rotatable bonds is 2. The molecular formula is C17H13NO2S. The van der Waals surface area contributed by atoms with Crippen molar-refractivity contribution in [1.29, 1.82) is 0 Å². The SMILES string of the molecule is C=c1[nH]c(=O)/c(=C/c2ccc(-c3ccccc3O)cc2)s1. The van der Waals surface area contributed by atoms with Crippen molar-refractivity contribution in [2.75, 3.05) is 0 Å². The van der Waals surface area contributed by atoms with E-state index in [1.54, 1.807) is 12.1 Å². The third-order valence-electron chi connectivity index (χ3n) is 3.13. The van der Waals surface area contributed by atoms with Crippen molar-refractivity contribution in [2.45, 2.75) is 0 Å². The molecule has 0 fully saturated rings. The summed E-state index contributed by atoms with van der Waals surface area (Å²) in [5.41, 5.74) is 2.54. The molecule has 2 N–H and O–H groups in total. The number of aromatic amines is 1. The van der Waals surface area contributed by atoms with Crippen LogP contribution in [0.1, 0.15) is 5.56 Å². The Morgan fingerprint density at radius 3 is 2.43 bits per heavy atom. The summed E-state index contributed by atoms with van der Waals surface area (Å²) in [6.07, 6.45) is 1.83. The monoisotopic (exact) mass is 295 g/mol. The average Bonchev–Trinajstić information content (AvgIpc) is 2.78. The number of aromatic nitrogens is 1. The first-order valence-electron chi connectivity index (χ1n) is 6.42. The molecule has 1 aromatic heterocycles. The molecule has 2 aromatic carbocycles. The average molecular weight is 295 g/mol. The number of aromatic hydroxyl groups is 1. The van der Waals surface area contributed by atoms with Gasteiger partial charge in [-0.25, -0.2) is 0 Å². The zero-order valence-corrected chi connectivity index (χ0v) is 12.0. The number of thiazole rings is 1. The zero-order chi connectivity index (χ0) is 14.8. The maximum Gasteiger partial charge on any atom is 0.266 e. The fraction of sp³-hybridized carbons (Fsp3) is 0. The van der Waals surface area contributed by atoms with Crippen LogP contribution in [-0.2, 0) is 0 Å². The number of hydrogen-bond acceptors (Lipinski definition) is 3. The van der Waals surface area contributed by atoms with Gasteiger partial charge in [-0.2, -0.15) is 0 Å². The standard InChI is InChI=1S/C17H13NO2S/c1-11-18-17(20)16(21-11)10-12-6-8-13(9-7-12)14-4-2-3-5-15(14)19/h2-10,19H,1H2,(H,18,20)/b16-10-. The number of hydrogen-bond donors (Lipinski definition) is 2. The highest BCUT2D eigenvalue weighted by atomic mass is 32.1. The van der Waals surface area contributed by atoms with E-state index in [0.29, 0.717) is 9.20 Å². The molecular weight excluding hydrogens is 282 g/mol. The van der Waals surface area contributed by atoms with Gasteiger partial charge in [-0.05, 0) is 23.3 Å². The van der Waals surface area contributed by atoms with Crippen LogP contribution in [0.3, 0.4) is 0 Å². The van der Waals surface area contributed by atoms with Gasteiger partial charge in [0.2, 0.25) is 0 Å². The fourth-order valence-corrected chi connectivity index (χ4v) is 2.86. The van der Waals surface area contributed by atoms with Crippen LogP contribution in [-0.4, -0.2) is 10.1 Å². The summed E-state index contributed by atoms with van der Waals surface area (Å²) in [4.78, 5) is 14.3. The van der Waals surface area contributed by atoms with E-state index >= 15 is 0 Å². The molecule has 0 atom stereocenters. The lowest BCUT2D eigenvalue weighted by Crippen LogP contribution is -2.19. The Morgan fingerprint density at radius 1 is 1.10 bits per heavy atom. The number of nitrogens with one attached hydrogen (secondary N) is 1. The maximum absolute atomic E-state index is 11.6. The molecule has 0 bridgehead atoms. The molecule has 0 spiro atoms. The fourth-order valence-electron chi connectivity index (χ4n) is 2.12. The zero-order valence-electron chi connectivity index (χ0n) is 11.2. The van der Waals surface area contributed by atoms with Gasteiger partial charge < -0.3 is 10.1 Å². The molecule has 0 aliphatic rings. The number of benzene rings is 2. The van der Waals surface area contributed by atoms with E-state index in [1.807, 2.05) is 42.5 Å². The van der Waals surface area contributed by atoms with Crippen molar-refractivity contribution in [1.82, 2.24) is 4.98 Å². The first-order chi connectivity index (χ1) is 10.1. The molecule has 4 heteroatoms. The van der Waals surface area contributed by atoms with Crippen molar-refractivity contribution in [2.24, 2.45) is 0 Å². The molecule has 3 aromatic rings. The predicted molar refractivity (Wildman–Crippen MR) is 86.8 cm³/mol. The van der Waals surface area contributed by atoms with Crippen molar-refractivity contribution in [3.05, 3.63) is 73.6 Å². The van der Waals surface area contributed by atoms with Crippen LogP contribution in [0.25, 0.3) is 23.8 Å². The number of phenols is 1. The van der Waals surface area contributed by atoms with E-state index in [-0.39, 0.29) is 11.3 Å². The Labute approximate surface area is 125 Å². The summed E-state index contributed by atoms with van der Waals surface area (Å²) in [7, 11) is 0. The smallest absolute Gasteiger partial charge is 0.266 e. The van der Waals surface area contributed by atoms with Crippen LogP contribution < -0.4 is 14.8 Å². The van der Waals surface area contributed by atoms with Gasteiger partial charge >= 0.3 is 0 Å². The predicted octanol–water partition coefficient (Wildman–Crippen LogP) is 2.05. The van der Waals surface area contributed by atoms with Crippen LogP contribution in [0.15, 0.2) is 53.3 Å². The topological polar surface area (TPSA) is 53.1 Å². The second-order valence-corrected chi connectivity index (χ2v) is 5.76. The third kappa shape index (κ3) is 2.80. The molecule has 0 saturated carbocycles. The number of para-hydroxylation sites is 1. The molecule has 0 aliphatic carbocycles. The lowest BCUT2D eigenvalue weighted by atomic mass is 10.0. The summed E-state index contributed by atoms with van der Waals surface area (Å²) in [6.45, 7) is 3.72. The molecule has 21 heavy (non-hydrogen) atoms. The minimum atomic E-state index is -0.116. The largest absolute Gasteiger partial charge is 0.507 e. The van der Waals surface area contributed by atoms with Gasteiger partial charge in [0.1, 0.15) is 5.75 Å². The van der Waals surface area contributed by atoms with E-state index in [4.69, 9.17) is 0 Å². The normalized spacial score (nSPS) is 11.7. The van der Waals surface area contributed by atoms with Crippen LogP contribution >= 0.6 is 11.3 Å². The summed E-state index contributed by atoms with van der Waals surface area (Å²) in [5.74, 6) is 0.255. The Balaban J connectivity index is 2.01. The van der Waals surface area contributed by atoms with Gasteiger partial charge in [0, 0.05) is 5.56 Å². The van der Waals surface area contributed by atoms with Crippen molar-refractivity contribution in [3.8, 4) is 16.9 Å². The lowest BCUT2D eigenvalue weighted by Gasteiger charge is -2.04. The molecule has 0 amide bonds. The minimum absolute atomic E-state index is 0.116. The van der Waals surface area contributed by atoms with E-state index in [0.717, 1.165) is 16.7 Å². The molecule has 0 aliphatic heterocycles. The highest BCUT2D eigenvalue weighted by Gasteiger charge is 2.02. The summed E-state index contributed by atoms with van der Waals surface area (Å²) >= 11 is 1.34. The molecule has 104 valence electrons. The van der Waals surface area contributed by atoms with Gasteiger partial charge in [0.25, 0.3) is 5.56 Å². The Bertz CT molecular complexity index is 936. The van der Waals surface area contributed by atoms with Gasteiger partial charge in [0.05, 0.1) is 9.20 Å². The Morgan fingerprint density at radius 2 is 1.81 bits per heavy atom. The van der Waals surface area contributed by atoms with Gasteiger partial charge in [-0.15, -0.1) is 11.3 Å². The van der Waals surface area contributed by atoms with E-state index in [1.165, 1.54) is 11.3 Å². The quantitative estimate of drug-likeness (QED) is 0.760. The first-order valence-corrected chi connectivity index (χ1v) is 7.23. The minimum Gasteiger partial charge on any atom is -0.507 e. The number of phenolic OH excluding ortho intramolecular Hbond substituents is 1. The van der Waals surface area contributed by atoms with Crippen LogP contribution in [0.5, 0.6) is 5.75 Å². The number of H-pyrrole nitrogens is 1. The van der Waals surface area contributed by atoms with E-state index in [9.17, 15) is 9.90 Å². The summed E-state index contributed by atoms with van der Waals surface area (Å²) < 4.78 is 1.28. The van der Waals surface area contributed by atoms with Crippen LogP contribution in [0.2, 0.25) is 0 Å². The second kappa shape index (κ2) is 5.42. The maximum atomic E-state index is 11.6. The lowest BCUT2D eigenvalue weighted by molar-refractivity contribution is 0.477. The first kappa shape index (κ1) is 13.4. The molecule has 0 unspecified atom stereocenters. The van der Waals surface area contributed by atoms with Crippen molar-refractivity contribution >= 4 is 24.0 Å². The highest BCUT2D eigenvalue weighted by Crippen LogP contribution is 2.28. The van der Waals surface area contributed by atoms with Gasteiger partial charge in [-0.3, -0.25) is 4.79 Å². The summed E-state index contributed by atoms with van der Waals surface area (Å²) in [5, 5.41) is 9.85. The van der Waals surface area contributed by atoms with Crippen LogP contribution in [0, 0.1) is 0 Å². The van der Waals surface area contributed by atoms with Gasteiger partial charge in [0.15, 0.2) is 0 Å². The molecule has 1 heterocycles. The second-order valence-electron chi connectivity index (χ2n) is 4.63. The van der Waals surface area contributed by atoms with E-state index in [2.05, 4.69) is 11.6 Å². The highest BCUT2D eigenvalue weighted by molar-refractivity contribution is 7.07. The molecule has 0 saturated heterocycles. The molecule has 3 nitrogen and oxygen atoms in total.